The minimum Gasteiger partial charge on any atom is -0.370 e. The number of aliphatic imine (C=N–C) groups is 1. The number of hydrogen-bond acceptors (Lipinski definition) is 2. The summed E-state index contributed by atoms with van der Waals surface area (Å²) in [5, 5.41) is 7.16. The molecule has 1 atom stereocenters. The van der Waals surface area contributed by atoms with Gasteiger partial charge in [0.25, 0.3) is 0 Å². The molecule has 1 unspecified atom stereocenters. The second-order valence-corrected chi connectivity index (χ2v) is 3.68. The third kappa shape index (κ3) is 4.01. The molecule has 1 aromatic heterocycles. The van der Waals surface area contributed by atoms with Crippen LogP contribution in [0.5, 0.6) is 0 Å². The molecule has 0 aliphatic heterocycles. The number of nitrogens with one attached hydrogen (secondary N) is 1. The number of hydrogen-bond donors (Lipinski definition) is 2. The van der Waals surface area contributed by atoms with Crippen molar-refractivity contribution >= 4 is 5.96 Å². The molecule has 1 aromatic rings. The van der Waals surface area contributed by atoms with Crippen LogP contribution in [0, 0.1) is 0 Å². The molecule has 0 aromatic carbocycles. The van der Waals surface area contributed by atoms with E-state index in [1.54, 1.807) is 10.9 Å². The predicted molar refractivity (Wildman–Crippen MR) is 61.4 cm³/mol. The van der Waals surface area contributed by atoms with Crippen molar-refractivity contribution in [2.24, 2.45) is 17.8 Å². The van der Waals surface area contributed by atoms with Gasteiger partial charge in [-0.1, -0.05) is 6.92 Å². The standard InChI is InChI=1S/C10H19N5/c1-4-8(2)14-10(11)12-5-9-6-13-15(3)7-9/h6-8H,4-5H2,1-3H3,(H3,11,12,14). The molecule has 1 heterocycles. The zero-order chi connectivity index (χ0) is 11.3. The molecule has 5 heteroatoms. The molecular formula is C10H19N5. The minimum atomic E-state index is 0.364. The highest BCUT2D eigenvalue weighted by molar-refractivity contribution is 5.78. The summed E-state index contributed by atoms with van der Waals surface area (Å²) in [5.74, 6) is 0.494. The summed E-state index contributed by atoms with van der Waals surface area (Å²) in [4.78, 5) is 4.23. The Kier molecular flexibility index (Phi) is 4.15. The Morgan fingerprint density at radius 2 is 2.47 bits per heavy atom. The van der Waals surface area contributed by atoms with Gasteiger partial charge in [0, 0.05) is 24.8 Å². The molecule has 0 aliphatic carbocycles. The zero-order valence-corrected chi connectivity index (χ0v) is 9.57. The van der Waals surface area contributed by atoms with Gasteiger partial charge in [-0.2, -0.15) is 5.10 Å². The highest BCUT2D eigenvalue weighted by Crippen LogP contribution is 1.97. The van der Waals surface area contributed by atoms with Gasteiger partial charge in [-0.25, -0.2) is 4.99 Å². The highest BCUT2D eigenvalue weighted by atomic mass is 15.2. The van der Waals surface area contributed by atoms with E-state index in [0.29, 0.717) is 18.5 Å². The second kappa shape index (κ2) is 5.38. The van der Waals surface area contributed by atoms with Crippen molar-refractivity contribution in [3.63, 3.8) is 0 Å². The Morgan fingerprint density at radius 1 is 1.73 bits per heavy atom. The number of rotatable bonds is 4. The monoisotopic (exact) mass is 209 g/mol. The van der Waals surface area contributed by atoms with Crippen LogP contribution < -0.4 is 11.1 Å². The van der Waals surface area contributed by atoms with Gasteiger partial charge in [-0.15, -0.1) is 0 Å². The van der Waals surface area contributed by atoms with Crippen molar-refractivity contribution in [1.29, 1.82) is 0 Å². The van der Waals surface area contributed by atoms with Gasteiger partial charge >= 0.3 is 0 Å². The van der Waals surface area contributed by atoms with E-state index in [0.717, 1.165) is 12.0 Å². The SMILES string of the molecule is CCC(C)NC(N)=NCc1cnn(C)c1. The average molecular weight is 209 g/mol. The quantitative estimate of drug-likeness (QED) is 0.564. The molecule has 1 rings (SSSR count). The van der Waals surface area contributed by atoms with E-state index in [-0.39, 0.29) is 0 Å². The summed E-state index contributed by atoms with van der Waals surface area (Å²) in [5.41, 5.74) is 6.78. The summed E-state index contributed by atoms with van der Waals surface area (Å²) >= 11 is 0. The van der Waals surface area contributed by atoms with Crippen molar-refractivity contribution in [3.8, 4) is 0 Å². The van der Waals surface area contributed by atoms with Gasteiger partial charge in [0.1, 0.15) is 0 Å². The lowest BCUT2D eigenvalue weighted by Crippen LogP contribution is -2.38. The number of nitrogens with two attached hydrogens (primary N) is 1. The van der Waals surface area contributed by atoms with Crippen LogP contribution in [-0.2, 0) is 13.6 Å². The average Bonchev–Trinajstić information content (AvgIpc) is 2.61. The maximum atomic E-state index is 5.72. The minimum absolute atomic E-state index is 0.364. The smallest absolute Gasteiger partial charge is 0.189 e. The number of nitrogens with zero attached hydrogens (tertiary/aromatic N) is 3. The fourth-order valence-electron chi connectivity index (χ4n) is 1.13. The maximum absolute atomic E-state index is 5.72. The van der Waals surface area contributed by atoms with Crippen LogP contribution in [0.4, 0.5) is 0 Å². The number of aryl methyl sites for hydroxylation is 1. The maximum Gasteiger partial charge on any atom is 0.189 e. The van der Waals surface area contributed by atoms with E-state index < -0.39 is 0 Å². The first-order valence-electron chi connectivity index (χ1n) is 5.15. The van der Waals surface area contributed by atoms with Crippen molar-refractivity contribution in [3.05, 3.63) is 18.0 Å². The molecular weight excluding hydrogens is 190 g/mol. The van der Waals surface area contributed by atoms with Crippen LogP contribution in [-0.4, -0.2) is 21.8 Å². The zero-order valence-electron chi connectivity index (χ0n) is 9.57. The molecule has 3 N–H and O–H groups in total. The number of aromatic nitrogens is 2. The van der Waals surface area contributed by atoms with E-state index in [4.69, 9.17) is 5.73 Å². The summed E-state index contributed by atoms with van der Waals surface area (Å²) < 4.78 is 1.75. The van der Waals surface area contributed by atoms with Gasteiger partial charge < -0.3 is 11.1 Å². The Hall–Kier alpha value is -1.52. The van der Waals surface area contributed by atoms with E-state index >= 15 is 0 Å². The molecule has 15 heavy (non-hydrogen) atoms. The Labute approximate surface area is 90.4 Å². The topological polar surface area (TPSA) is 68.2 Å². The van der Waals surface area contributed by atoms with Crippen LogP contribution in [0.1, 0.15) is 25.8 Å². The van der Waals surface area contributed by atoms with E-state index in [1.807, 2.05) is 13.2 Å². The van der Waals surface area contributed by atoms with Crippen LogP contribution in [0.2, 0.25) is 0 Å². The lowest BCUT2D eigenvalue weighted by molar-refractivity contribution is 0.636. The second-order valence-electron chi connectivity index (χ2n) is 3.68. The molecule has 0 amide bonds. The lowest BCUT2D eigenvalue weighted by atomic mass is 10.3. The van der Waals surface area contributed by atoms with Crippen molar-refractivity contribution in [1.82, 2.24) is 15.1 Å². The Morgan fingerprint density at radius 3 is 3.00 bits per heavy atom. The summed E-state index contributed by atoms with van der Waals surface area (Å²) in [6.45, 7) is 4.75. The predicted octanol–water partition coefficient (Wildman–Crippen LogP) is 0.623. The molecule has 84 valence electrons. The number of guanidine groups is 1. The Balaban J connectivity index is 2.43. The third-order valence-electron chi connectivity index (χ3n) is 2.20. The van der Waals surface area contributed by atoms with Gasteiger partial charge in [-0.05, 0) is 13.3 Å². The lowest BCUT2D eigenvalue weighted by Gasteiger charge is -2.11. The fraction of sp³-hybridized carbons (Fsp3) is 0.600. The first kappa shape index (κ1) is 11.6. The largest absolute Gasteiger partial charge is 0.370 e. The molecule has 0 spiro atoms. The first-order chi connectivity index (χ1) is 7.11. The van der Waals surface area contributed by atoms with Crippen molar-refractivity contribution in [2.75, 3.05) is 0 Å². The first-order valence-corrected chi connectivity index (χ1v) is 5.15. The summed E-state index contributed by atoms with van der Waals surface area (Å²) in [7, 11) is 1.88. The summed E-state index contributed by atoms with van der Waals surface area (Å²) in [6.07, 6.45) is 4.75. The molecule has 0 fully saturated rings. The molecule has 0 saturated heterocycles. The van der Waals surface area contributed by atoms with Crippen LogP contribution in [0.25, 0.3) is 0 Å². The molecule has 5 nitrogen and oxygen atoms in total. The summed E-state index contributed by atoms with van der Waals surface area (Å²) in [6, 6.07) is 0.364. The molecule has 0 saturated carbocycles. The van der Waals surface area contributed by atoms with Gasteiger partial charge in [0.15, 0.2) is 5.96 Å². The van der Waals surface area contributed by atoms with E-state index in [9.17, 15) is 0 Å². The van der Waals surface area contributed by atoms with Crippen molar-refractivity contribution in [2.45, 2.75) is 32.9 Å². The van der Waals surface area contributed by atoms with Crippen molar-refractivity contribution < 1.29 is 0 Å². The van der Waals surface area contributed by atoms with Crippen LogP contribution in [0.3, 0.4) is 0 Å². The highest BCUT2D eigenvalue weighted by Gasteiger charge is 1.99. The van der Waals surface area contributed by atoms with Crippen LogP contribution in [0.15, 0.2) is 17.4 Å². The van der Waals surface area contributed by atoms with E-state index in [1.165, 1.54) is 0 Å². The van der Waals surface area contributed by atoms with Gasteiger partial charge in [0.2, 0.25) is 0 Å². The van der Waals surface area contributed by atoms with Gasteiger partial charge in [0.05, 0.1) is 12.7 Å². The van der Waals surface area contributed by atoms with Crippen LogP contribution >= 0.6 is 0 Å². The molecule has 0 radical (unpaired) electrons. The normalized spacial score (nSPS) is 13.9. The molecule has 0 aliphatic rings. The fourth-order valence-corrected chi connectivity index (χ4v) is 1.13. The third-order valence-corrected chi connectivity index (χ3v) is 2.20. The molecule has 0 bridgehead atoms. The van der Waals surface area contributed by atoms with Gasteiger partial charge in [-0.3, -0.25) is 4.68 Å². The Bertz CT molecular complexity index is 328. The van der Waals surface area contributed by atoms with E-state index in [2.05, 4.69) is 29.3 Å².